The summed E-state index contributed by atoms with van der Waals surface area (Å²) in [6.07, 6.45) is 0. The second-order valence-electron chi connectivity index (χ2n) is 8.23. The summed E-state index contributed by atoms with van der Waals surface area (Å²) in [6.45, 7) is 0. The first-order valence-corrected chi connectivity index (χ1v) is 11.1. The minimum atomic E-state index is -1.05. The average Bonchev–Trinajstić information content (AvgIpc) is 3.62. The van der Waals surface area contributed by atoms with E-state index in [-0.39, 0.29) is 0 Å². The number of benzene rings is 7. The highest BCUT2D eigenvalue weighted by Crippen LogP contribution is 2.47. The van der Waals surface area contributed by atoms with Gasteiger partial charge in [0, 0.05) is 10.8 Å². The van der Waals surface area contributed by atoms with E-state index in [1.54, 1.807) is 0 Å². The maximum atomic E-state index is 11.6. The van der Waals surface area contributed by atoms with Crippen LogP contribution in [-0.2, 0) is 0 Å². The van der Waals surface area contributed by atoms with Gasteiger partial charge in [-0.15, -0.1) is 0 Å². The number of phenols is 1. The Labute approximate surface area is 248 Å². The topological polar surface area (TPSA) is 33.4 Å². The van der Waals surface area contributed by atoms with Gasteiger partial charge in [0.05, 0.1) is 28.8 Å². The van der Waals surface area contributed by atoms with E-state index in [0.29, 0.717) is 0 Å². The van der Waals surface area contributed by atoms with Crippen molar-refractivity contribution in [2.45, 2.75) is 0 Å². The quantitative estimate of drug-likeness (QED) is 0.236. The standard InChI is InChI=1S/C36H22O2/c37-32-21-23(20-31-25-13-7-8-19-33(25)38-36(31)32)34-27-14-3-5-16-29(27)35(30-17-6-4-15-28(30)34)26-18-9-11-22-10-1-2-12-24(22)26/h1-21,37H/i1D,2D,3D,4D,5D,6D,7D,8D,9D,10D,11D,12D,13D,14D,15D,16D,17D,18D,19D,20D,21D. The molecule has 0 saturated carbocycles. The first-order valence-electron chi connectivity index (χ1n) is 21.6. The molecule has 178 valence electrons. The number of hydrogen-bond acceptors (Lipinski definition) is 2. The molecular formula is C36H22O2. The van der Waals surface area contributed by atoms with Crippen molar-refractivity contribution >= 4 is 54.3 Å². The van der Waals surface area contributed by atoms with E-state index < -0.39 is 209 Å². The number of aromatic hydroxyl groups is 1. The van der Waals surface area contributed by atoms with Crippen LogP contribution < -0.4 is 0 Å². The Hall–Kier alpha value is -5.08. The molecule has 38 heavy (non-hydrogen) atoms. The summed E-state index contributed by atoms with van der Waals surface area (Å²) in [4.78, 5) is 0. The lowest BCUT2D eigenvalue weighted by molar-refractivity contribution is 0.469. The van der Waals surface area contributed by atoms with Gasteiger partial charge in [-0.3, -0.25) is 0 Å². The maximum Gasteiger partial charge on any atom is 0.177 e. The fourth-order valence-electron chi connectivity index (χ4n) is 4.69. The average molecular weight is 508 g/mol. The number of furan rings is 1. The number of fused-ring (bicyclic) bond motifs is 6. The SMILES string of the molecule is [2H]c1c([2H])c([2H])c2c(oc3c(O)c([2H])c(-c4c5c([2H])c([2H])c([2H])c([2H])c5c(-c5c([2H])c([2H])c([2H])c6c([2H])c([2H])c([2H])c([2H])c56)c5c([2H])c([2H])c([2H])c([2H])c45)c([2H])c32)c1[2H]. The van der Waals surface area contributed by atoms with Crippen molar-refractivity contribution in [1.29, 1.82) is 0 Å². The summed E-state index contributed by atoms with van der Waals surface area (Å²) in [5, 5.41) is 6.88. The highest BCUT2D eigenvalue weighted by atomic mass is 16.4. The molecule has 8 rings (SSSR count). The Morgan fingerprint density at radius 1 is 0.500 bits per heavy atom. The van der Waals surface area contributed by atoms with Gasteiger partial charge in [0.15, 0.2) is 11.3 Å². The minimum Gasteiger partial charge on any atom is -0.504 e. The second-order valence-corrected chi connectivity index (χ2v) is 8.23. The summed E-state index contributed by atoms with van der Waals surface area (Å²) in [7, 11) is 0. The van der Waals surface area contributed by atoms with E-state index in [1.165, 1.54) is 0 Å². The Balaban J connectivity index is 1.79. The summed E-state index contributed by atoms with van der Waals surface area (Å²) in [6, 6.07) is -18.1. The Kier molecular flexibility index (Phi) is 1.89. The van der Waals surface area contributed by atoms with Gasteiger partial charge < -0.3 is 9.52 Å². The number of para-hydroxylation sites is 1. The largest absolute Gasteiger partial charge is 0.504 e. The molecule has 2 nitrogen and oxygen atoms in total. The molecule has 1 heterocycles. The first-order chi connectivity index (χ1) is 27.5. The molecule has 0 aliphatic rings. The van der Waals surface area contributed by atoms with E-state index in [1.807, 2.05) is 0 Å². The smallest absolute Gasteiger partial charge is 0.177 e. The summed E-state index contributed by atoms with van der Waals surface area (Å²) < 4.78 is 191. The van der Waals surface area contributed by atoms with Crippen LogP contribution in [0.25, 0.3) is 76.5 Å². The fourth-order valence-corrected chi connectivity index (χ4v) is 4.69. The van der Waals surface area contributed by atoms with Gasteiger partial charge in [-0.25, -0.2) is 0 Å². The Morgan fingerprint density at radius 3 is 1.76 bits per heavy atom. The van der Waals surface area contributed by atoms with Gasteiger partial charge in [-0.1, -0.05) is 109 Å². The van der Waals surface area contributed by atoms with Crippen LogP contribution in [0.2, 0.25) is 0 Å². The maximum absolute atomic E-state index is 11.6. The van der Waals surface area contributed by atoms with E-state index in [9.17, 15) is 13.3 Å². The number of hydrogen-bond donors (Lipinski definition) is 1. The molecule has 0 spiro atoms. The summed E-state index contributed by atoms with van der Waals surface area (Å²) in [5.74, 6) is -1.05. The molecule has 0 atom stereocenters. The molecule has 0 saturated heterocycles. The highest BCUT2D eigenvalue weighted by molar-refractivity contribution is 6.24. The lowest BCUT2D eigenvalue weighted by Gasteiger charge is -2.19. The van der Waals surface area contributed by atoms with Crippen LogP contribution in [0, 0.1) is 0 Å². The van der Waals surface area contributed by atoms with E-state index in [2.05, 4.69) is 0 Å². The molecule has 8 aromatic rings. The zero-order chi connectivity index (χ0) is 43.5. The molecule has 0 fully saturated rings. The van der Waals surface area contributed by atoms with Crippen LogP contribution in [0.3, 0.4) is 0 Å². The molecule has 0 unspecified atom stereocenters. The predicted molar refractivity (Wildman–Crippen MR) is 159 cm³/mol. The van der Waals surface area contributed by atoms with E-state index in [4.69, 9.17) is 25.0 Å². The highest BCUT2D eigenvalue weighted by Gasteiger charge is 2.20. The van der Waals surface area contributed by atoms with Crippen LogP contribution in [0.1, 0.15) is 28.8 Å². The first kappa shape index (κ1) is 9.04. The third kappa shape index (κ3) is 2.95. The van der Waals surface area contributed by atoms with Crippen molar-refractivity contribution in [3.8, 4) is 28.0 Å². The van der Waals surface area contributed by atoms with Crippen LogP contribution in [0.5, 0.6) is 5.75 Å². The van der Waals surface area contributed by atoms with Crippen LogP contribution in [-0.4, -0.2) is 5.11 Å². The number of rotatable bonds is 2. The van der Waals surface area contributed by atoms with Crippen molar-refractivity contribution in [1.82, 2.24) is 0 Å². The van der Waals surface area contributed by atoms with Gasteiger partial charge >= 0.3 is 0 Å². The molecule has 0 aliphatic carbocycles. The van der Waals surface area contributed by atoms with E-state index in [0.717, 1.165) is 0 Å². The second kappa shape index (κ2) is 7.96. The van der Waals surface area contributed by atoms with Gasteiger partial charge in [-0.2, -0.15) is 0 Å². The molecule has 1 aromatic heterocycles. The zero-order valence-corrected chi connectivity index (χ0v) is 18.9. The predicted octanol–water partition coefficient (Wildman–Crippen LogP) is 10.1. The lowest BCUT2D eigenvalue weighted by atomic mass is 9.84. The third-order valence-electron chi connectivity index (χ3n) is 6.23. The molecule has 0 radical (unpaired) electrons. The molecule has 7 aromatic carbocycles. The molecule has 1 N–H and O–H groups in total. The number of phenolic OH excluding ortho intramolecular Hbond substituents is 1. The van der Waals surface area contributed by atoms with Crippen molar-refractivity contribution in [3.05, 3.63) is 127 Å². The molecule has 0 aliphatic heterocycles. The van der Waals surface area contributed by atoms with Gasteiger partial charge in [0.2, 0.25) is 0 Å². The molecular weight excluding hydrogens is 464 g/mol. The van der Waals surface area contributed by atoms with Gasteiger partial charge in [-0.05, 0) is 72.7 Å². The van der Waals surface area contributed by atoms with Gasteiger partial charge in [0.1, 0.15) is 5.58 Å². The van der Waals surface area contributed by atoms with Crippen molar-refractivity contribution in [2.24, 2.45) is 0 Å². The monoisotopic (exact) mass is 507 g/mol. The summed E-state index contributed by atoms with van der Waals surface area (Å²) in [5.41, 5.74) is -3.81. The van der Waals surface area contributed by atoms with Gasteiger partial charge in [0.25, 0.3) is 0 Å². The van der Waals surface area contributed by atoms with Crippen molar-refractivity contribution in [3.63, 3.8) is 0 Å². The summed E-state index contributed by atoms with van der Waals surface area (Å²) >= 11 is 0. The lowest BCUT2D eigenvalue weighted by Crippen LogP contribution is -1.91. The van der Waals surface area contributed by atoms with Crippen LogP contribution >= 0.6 is 0 Å². The van der Waals surface area contributed by atoms with Crippen molar-refractivity contribution < 1.29 is 38.3 Å². The Morgan fingerprint density at radius 2 is 1.05 bits per heavy atom. The third-order valence-corrected chi connectivity index (χ3v) is 6.23. The van der Waals surface area contributed by atoms with Crippen LogP contribution in [0.15, 0.2) is 131 Å². The fraction of sp³-hybridized carbons (Fsp3) is 0. The normalized spacial score (nSPS) is 19.5. The van der Waals surface area contributed by atoms with E-state index >= 15 is 0 Å². The van der Waals surface area contributed by atoms with Crippen molar-refractivity contribution in [2.75, 3.05) is 0 Å². The molecule has 2 heteroatoms. The van der Waals surface area contributed by atoms with Crippen LogP contribution in [0.4, 0.5) is 0 Å². The Bertz CT molecular complexity index is 3260. The minimum absolute atomic E-state index is 0.417. The molecule has 0 bridgehead atoms. The zero-order valence-electron chi connectivity index (χ0n) is 39.9. The molecule has 0 amide bonds.